The zero-order chi connectivity index (χ0) is 22.4. The van der Waals surface area contributed by atoms with Gasteiger partial charge in [0.15, 0.2) is 0 Å². The predicted octanol–water partition coefficient (Wildman–Crippen LogP) is 4.43. The summed E-state index contributed by atoms with van der Waals surface area (Å²) in [5.74, 6) is 0.396. The van der Waals surface area contributed by atoms with E-state index in [9.17, 15) is 13.2 Å². The van der Waals surface area contributed by atoms with Gasteiger partial charge in [0.2, 0.25) is 0 Å². The Morgan fingerprint density at radius 1 is 0.935 bits per heavy atom. The van der Waals surface area contributed by atoms with Crippen LogP contribution < -0.4 is 14.8 Å². The van der Waals surface area contributed by atoms with Gasteiger partial charge < -0.3 is 10.1 Å². The van der Waals surface area contributed by atoms with Gasteiger partial charge in [0, 0.05) is 12.1 Å². The Labute approximate surface area is 183 Å². The highest BCUT2D eigenvalue weighted by Crippen LogP contribution is 2.22. The molecule has 162 valence electrons. The molecule has 0 saturated carbocycles. The van der Waals surface area contributed by atoms with Gasteiger partial charge in [0.25, 0.3) is 15.9 Å². The second kappa shape index (κ2) is 9.66. The van der Waals surface area contributed by atoms with Crippen molar-refractivity contribution in [2.45, 2.75) is 32.2 Å². The van der Waals surface area contributed by atoms with Crippen molar-refractivity contribution in [2.75, 3.05) is 11.3 Å². The number of rotatable bonds is 8. The van der Waals surface area contributed by atoms with Crippen molar-refractivity contribution in [3.05, 3.63) is 89.0 Å². The molecule has 3 aromatic carbocycles. The van der Waals surface area contributed by atoms with Crippen molar-refractivity contribution < 1.29 is 17.9 Å². The normalized spacial score (nSPS) is 11.1. The molecule has 0 bridgehead atoms. The summed E-state index contributed by atoms with van der Waals surface area (Å²) in [5.41, 5.74) is 3.21. The molecule has 0 unspecified atom stereocenters. The highest BCUT2D eigenvalue weighted by molar-refractivity contribution is 7.92. The summed E-state index contributed by atoms with van der Waals surface area (Å²) in [6.07, 6.45) is 0. The maximum Gasteiger partial charge on any atom is 0.261 e. The lowest BCUT2D eigenvalue weighted by Gasteiger charge is -2.13. The van der Waals surface area contributed by atoms with Gasteiger partial charge >= 0.3 is 0 Å². The van der Waals surface area contributed by atoms with Crippen LogP contribution in [-0.2, 0) is 16.6 Å². The standard InChI is InChI=1S/C24H26N2O4S/c1-4-30-20-10-7-9-19(14-20)16-25-24(27)22-15-21(13-12-17(22)2)31(28,29)26-23-11-6-5-8-18(23)3/h5-15,26H,4,16H2,1-3H3,(H,25,27). The van der Waals surface area contributed by atoms with Crippen molar-refractivity contribution in [1.29, 1.82) is 0 Å². The van der Waals surface area contributed by atoms with Gasteiger partial charge in [-0.3, -0.25) is 9.52 Å². The first-order valence-electron chi connectivity index (χ1n) is 9.99. The summed E-state index contributed by atoms with van der Waals surface area (Å²) in [5, 5.41) is 2.85. The van der Waals surface area contributed by atoms with Crippen molar-refractivity contribution in [2.24, 2.45) is 0 Å². The molecule has 3 aromatic rings. The van der Waals surface area contributed by atoms with Crippen LogP contribution in [0.2, 0.25) is 0 Å². The molecule has 0 aliphatic carbocycles. The van der Waals surface area contributed by atoms with Gasteiger partial charge in [-0.05, 0) is 67.8 Å². The minimum absolute atomic E-state index is 0.0323. The number of ether oxygens (including phenoxy) is 1. The molecule has 7 heteroatoms. The first-order valence-corrected chi connectivity index (χ1v) is 11.5. The molecular weight excluding hydrogens is 412 g/mol. The maximum absolute atomic E-state index is 12.9. The molecule has 0 aliphatic rings. The number of aryl methyl sites for hydroxylation is 2. The fourth-order valence-corrected chi connectivity index (χ4v) is 4.25. The highest BCUT2D eigenvalue weighted by Gasteiger charge is 2.19. The number of benzene rings is 3. The second-order valence-electron chi connectivity index (χ2n) is 7.16. The maximum atomic E-state index is 12.9. The first kappa shape index (κ1) is 22.4. The van der Waals surface area contributed by atoms with Gasteiger partial charge in [0.05, 0.1) is 17.2 Å². The van der Waals surface area contributed by atoms with E-state index in [-0.39, 0.29) is 10.8 Å². The number of hydrogen-bond donors (Lipinski definition) is 2. The van der Waals surface area contributed by atoms with Crippen molar-refractivity contribution in [3.63, 3.8) is 0 Å². The van der Waals surface area contributed by atoms with Crippen molar-refractivity contribution >= 4 is 21.6 Å². The van der Waals surface area contributed by atoms with E-state index in [0.29, 0.717) is 30.0 Å². The van der Waals surface area contributed by atoms with Gasteiger partial charge in [-0.2, -0.15) is 0 Å². The average molecular weight is 439 g/mol. The molecule has 1 amide bonds. The second-order valence-corrected chi connectivity index (χ2v) is 8.84. The minimum atomic E-state index is -3.83. The van der Waals surface area contributed by atoms with Gasteiger partial charge in [0.1, 0.15) is 5.75 Å². The summed E-state index contributed by atoms with van der Waals surface area (Å²) in [6.45, 7) is 6.37. The van der Waals surface area contributed by atoms with Gasteiger partial charge in [-0.15, -0.1) is 0 Å². The van der Waals surface area contributed by atoms with Crippen LogP contribution in [-0.4, -0.2) is 20.9 Å². The third kappa shape index (κ3) is 5.64. The molecule has 0 aliphatic heterocycles. The number of hydrogen-bond acceptors (Lipinski definition) is 4. The Hall–Kier alpha value is -3.32. The molecule has 0 atom stereocenters. The van der Waals surface area contributed by atoms with E-state index in [2.05, 4.69) is 10.0 Å². The molecule has 0 radical (unpaired) electrons. The molecule has 0 heterocycles. The van der Waals surface area contributed by atoms with Crippen LogP contribution in [0.1, 0.15) is 34.0 Å². The molecular formula is C24H26N2O4S. The molecule has 6 nitrogen and oxygen atoms in total. The zero-order valence-corrected chi connectivity index (χ0v) is 18.6. The van der Waals surface area contributed by atoms with Crippen LogP contribution in [0.5, 0.6) is 5.75 Å². The number of anilines is 1. The number of carbonyl (C=O) groups excluding carboxylic acids is 1. The predicted molar refractivity (Wildman–Crippen MR) is 122 cm³/mol. The van der Waals surface area contributed by atoms with Crippen molar-refractivity contribution in [3.8, 4) is 5.75 Å². The summed E-state index contributed by atoms with van der Waals surface area (Å²) in [6, 6.07) is 19.1. The Morgan fingerprint density at radius 2 is 1.71 bits per heavy atom. The van der Waals surface area contributed by atoms with E-state index in [1.54, 1.807) is 25.1 Å². The molecule has 0 fully saturated rings. The van der Waals surface area contributed by atoms with E-state index in [4.69, 9.17) is 4.74 Å². The van der Waals surface area contributed by atoms with Crippen LogP contribution in [0.15, 0.2) is 71.6 Å². The van der Waals surface area contributed by atoms with E-state index < -0.39 is 10.0 Å². The number of carbonyl (C=O) groups is 1. The summed E-state index contributed by atoms with van der Waals surface area (Å²) >= 11 is 0. The van der Waals surface area contributed by atoms with Crippen LogP contribution in [0.3, 0.4) is 0 Å². The topological polar surface area (TPSA) is 84.5 Å². The summed E-state index contributed by atoms with van der Waals surface area (Å²) in [4.78, 5) is 12.8. The van der Waals surface area contributed by atoms with E-state index in [0.717, 1.165) is 16.9 Å². The lowest BCUT2D eigenvalue weighted by Crippen LogP contribution is -2.24. The monoisotopic (exact) mass is 438 g/mol. The minimum Gasteiger partial charge on any atom is -0.494 e. The first-order chi connectivity index (χ1) is 14.8. The summed E-state index contributed by atoms with van der Waals surface area (Å²) < 4.78 is 33.8. The molecule has 31 heavy (non-hydrogen) atoms. The fourth-order valence-electron chi connectivity index (χ4n) is 3.09. The van der Waals surface area contributed by atoms with Crippen LogP contribution in [0, 0.1) is 13.8 Å². The Morgan fingerprint density at radius 3 is 2.45 bits per heavy atom. The zero-order valence-electron chi connectivity index (χ0n) is 17.8. The third-order valence-corrected chi connectivity index (χ3v) is 6.18. The molecule has 0 saturated heterocycles. The molecule has 2 N–H and O–H groups in total. The van der Waals surface area contributed by atoms with Gasteiger partial charge in [-0.25, -0.2) is 8.42 Å². The van der Waals surface area contributed by atoms with Crippen LogP contribution in [0.25, 0.3) is 0 Å². The number of nitrogens with one attached hydrogen (secondary N) is 2. The number of sulfonamides is 1. The number of para-hydroxylation sites is 1. The lowest BCUT2D eigenvalue weighted by atomic mass is 10.1. The Bertz CT molecular complexity index is 1190. The van der Waals surface area contributed by atoms with Gasteiger partial charge in [-0.1, -0.05) is 36.4 Å². The SMILES string of the molecule is CCOc1cccc(CNC(=O)c2cc(S(=O)(=O)Nc3ccccc3C)ccc2C)c1. The number of amides is 1. The van der Waals surface area contributed by atoms with E-state index >= 15 is 0 Å². The lowest BCUT2D eigenvalue weighted by molar-refractivity contribution is 0.0950. The largest absolute Gasteiger partial charge is 0.494 e. The average Bonchev–Trinajstić information content (AvgIpc) is 2.74. The van der Waals surface area contributed by atoms with Crippen LogP contribution in [0.4, 0.5) is 5.69 Å². The quantitative estimate of drug-likeness (QED) is 0.545. The van der Waals surface area contributed by atoms with Crippen molar-refractivity contribution in [1.82, 2.24) is 5.32 Å². The van der Waals surface area contributed by atoms with Crippen LogP contribution >= 0.6 is 0 Å². The summed E-state index contributed by atoms with van der Waals surface area (Å²) in [7, 11) is -3.83. The highest BCUT2D eigenvalue weighted by atomic mass is 32.2. The third-order valence-electron chi connectivity index (χ3n) is 4.82. The molecule has 0 spiro atoms. The fraction of sp³-hybridized carbons (Fsp3) is 0.208. The van der Waals surface area contributed by atoms with E-state index in [1.807, 2.05) is 50.2 Å². The smallest absolute Gasteiger partial charge is 0.261 e. The Kier molecular flexibility index (Phi) is 6.97. The Balaban J connectivity index is 1.78. The molecule has 3 rings (SSSR count). The van der Waals surface area contributed by atoms with E-state index in [1.165, 1.54) is 12.1 Å². The molecule has 0 aromatic heterocycles.